The number of rotatable bonds is 5. The summed E-state index contributed by atoms with van der Waals surface area (Å²) < 4.78 is 25.7. The molecule has 1 aromatic rings. The Kier molecular flexibility index (Phi) is 5.86. The van der Waals surface area contributed by atoms with E-state index in [9.17, 15) is 9.50 Å². The highest BCUT2D eigenvalue weighted by Crippen LogP contribution is 2.27. The molecule has 0 amide bonds. The van der Waals surface area contributed by atoms with Crippen molar-refractivity contribution in [3.63, 3.8) is 0 Å². The van der Waals surface area contributed by atoms with Crippen LogP contribution < -0.4 is 4.90 Å². The molecule has 0 atom stereocenters. The van der Waals surface area contributed by atoms with E-state index in [1.165, 1.54) is 0 Å². The van der Waals surface area contributed by atoms with Crippen molar-refractivity contribution < 1.29 is 19.0 Å². The van der Waals surface area contributed by atoms with Gasteiger partial charge in [0, 0.05) is 38.5 Å². The van der Waals surface area contributed by atoms with Gasteiger partial charge in [-0.2, -0.15) is 0 Å². The highest BCUT2D eigenvalue weighted by molar-refractivity contribution is 5.50. The number of halogens is 1. The summed E-state index contributed by atoms with van der Waals surface area (Å²) in [7, 11) is 0. The van der Waals surface area contributed by atoms with E-state index in [0.717, 1.165) is 58.6 Å². The monoisotopic (exact) mass is 323 g/mol. The van der Waals surface area contributed by atoms with E-state index < -0.39 is 0 Å². The van der Waals surface area contributed by atoms with Gasteiger partial charge in [0.25, 0.3) is 0 Å². The van der Waals surface area contributed by atoms with Crippen LogP contribution >= 0.6 is 0 Å². The van der Waals surface area contributed by atoms with Crippen molar-refractivity contribution in [3.8, 4) is 0 Å². The van der Waals surface area contributed by atoms with Gasteiger partial charge >= 0.3 is 0 Å². The van der Waals surface area contributed by atoms with Gasteiger partial charge in [-0.05, 0) is 37.7 Å². The Labute approximate surface area is 137 Å². The molecule has 0 aromatic heterocycles. The van der Waals surface area contributed by atoms with Crippen molar-refractivity contribution in [1.29, 1.82) is 0 Å². The average molecular weight is 323 g/mol. The molecule has 5 heteroatoms. The molecule has 2 aliphatic heterocycles. The van der Waals surface area contributed by atoms with Crippen molar-refractivity contribution in [3.05, 3.63) is 29.6 Å². The van der Waals surface area contributed by atoms with Crippen LogP contribution in [-0.4, -0.2) is 44.1 Å². The zero-order valence-electron chi connectivity index (χ0n) is 13.5. The van der Waals surface area contributed by atoms with Gasteiger partial charge in [0.1, 0.15) is 0 Å². The number of hydrogen-bond acceptors (Lipinski definition) is 4. The van der Waals surface area contributed by atoms with Crippen LogP contribution in [0.2, 0.25) is 0 Å². The van der Waals surface area contributed by atoms with Crippen LogP contribution in [0, 0.1) is 11.7 Å². The number of aliphatic hydroxyl groups excluding tert-OH is 1. The first-order chi connectivity index (χ1) is 11.3. The van der Waals surface area contributed by atoms with Gasteiger partial charge in [-0.3, -0.25) is 0 Å². The standard InChI is InChI=1S/C18H26FNO3/c19-18-15(12-21)2-1-3-17(18)20-8-4-16(5-9-20)23-13-14-6-10-22-11-7-14/h1-3,14,16,21H,4-13H2. The normalized spacial score (nSPS) is 20.9. The minimum Gasteiger partial charge on any atom is -0.392 e. The second kappa shape index (κ2) is 8.08. The maximum absolute atomic E-state index is 14.3. The Bertz CT molecular complexity index is 497. The van der Waals surface area contributed by atoms with Gasteiger partial charge in [0.2, 0.25) is 0 Å². The lowest BCUT2D eigenvalue weighted by molar-refractivity contribution is -0.0183. The summed E-state index contributed by atoms with van der Waals surface area (Å²) in [4.78, 5) is 2.06. The number of hydrogen-bond donors (Lipinski definition) is 1. The number of anilines is 1. The molecule has 2 fully saturated rings. The van der Waals surface area contributed by atoms with Gasteiger partial charge in [-0.1, -0.05) is 12.1 Å². The summed E-state index contributed by atoms with van der Waals surface area (Å²) in [6.45, 7) is 3.86. The number of benzene rings is 1. The van der Waals surface area contributed by atoms with Gasteiger partial charge in [0.05, 0.1) is 18.4 Å². The van der Waals surface area contributed by atoms with E-state index >= 15 is 0 Å². The molecular weight excluding hydrogens is 297 g/mol. The zero-order chi connectivity index (χ0) is 16.1. The zero-order valence-corrected chi connectivity index (χ0v) is 13.5. The van der Waals surface area contributed by atoms with Crippen LogP contribution in [0.1, 0.15) is 31.2 Å². The molecule has 0 spiro atoms. The van der Waals surface area contributed by atoms with Crippen molar-refractivity contribution in [2.24, 2.45) is 5.92 Å². The van der Waals surface area contributed by atoms with E-state index in [1.54, 1.807) is 18.2 Å². The molecule has 1 N–H and O–H groups in total. The topological polar surface area (TPSA) is 41.9 Å². The number of nitrogens with zero attached hydrogens (tertiary/aromatic N) is 1. The summed E-state index contributed by atoms with van der Waals surface area (Å²) in [5.41, 5.74) is 0.958. The van der Waals surface area contributed by atoms with Gasteiger partial charge in [-0.25, -0.2) is 4.39 Å². The number of ether oxygens (including phenoxy) is 2. The third-order valence-electron chi connectivity index (χ3n) is 4.92. The number of aliphatic hydroxyl groups is 1. The van der Waals surface area contributed by atoms with Crippen LogP contribution in [0.4, 0.5) is 10.1 Å². The first-order valence-electron chi connectivity index (χ1n) is 8.60. The van der Waals surface area contributed by atoms with E-state index in [-0.39, 0.29) is 18.5 Å². The first kappa shape index (κ1) is 16.7. The molecular formula is C18H26FNO3. The van der Waals surface area contributed by atoms with E-state index in [4.69, 9.17) is 9.47 Å². The van der Waals surface area contributed by atoms with Crippen LogP contribution in [0.3, 0.4) is 0 Å². The summed E-state index contributed by atoms with van der Waals surface area (Å²) in [6.07, 6.45) is 4.31. The molecule has 0 aliphatic carbocycles. The summed E-state index contributed by atoms with van der Waals surface area (Å²) in [5.74, 6) is 0.331. The first-order valence-corrected chi connectivity index (χ1v) is 8.60. The van der Waals surface area contributed by atoms with E-state index in [0.29, 0.717) is 17.2 Å². The molecule has 1 aromatic carbocycles. The molecule has 128 valence electrons. The molecule has 0 bridgehead atoms. The third kappa shape index (κ3) is 4.22. The fraction of sp³-hybridized carbons (Fsp3) is 0.667. The van der Waals surface area contributed by atoms with Crippen molar-refractivity contribution >= 4 is 5.69 Å². The lowest BCUT2D eigenvalue weighted by Crippen LogP contribution is -2.38. The molecule has 0 unspecified atom stereocenters. The average Bonchev–Trinajstić information content (AvgIpc) is 2.62. The second-order valence-corrected chi connectivity index (χ2v) is 6.48. The maximum atomic E-state index is 14.3. The Morgan fingerprint density at radius 1 is 1.17 bits per heavy atom. The molecule has 0 radical (unpaired) electrons. The van der Waals surface area contributed by atoms with Crippen molar-refractivity contribution in [1.82, 2.24) is 0 Å². The lowest BCUT2D eigenvalue weighted by Gasteiger charge is -2.34. The Balaban J connectivity index is 1.48. The van der Waals surface area contributed by atoms with Gasteiger partial charge < -0.3 is 19.5 Å². The quantitative estimate of drug-likeness (QED) is 0.905. The van der Waals surface area contributed by atoms with Gasteiger partial charge in [0.15, 0.2) is 5.82 Å². The van der Waals surface area contributed by atoms with Crippen LogP contribution in [0.15, 0.2) is 18.2 Å². The fourth-order valence-electron chi connectivity index (χ4n) is 3.38. The van der Waals surface area contributed by atoms with Crippen molar-refractivity contribution in [2.75, 3.05) is 37.8 Å². The van der Waals surface area contributed by atoms with E-state index in [1.807, 2.05) is 0 Å². The molecule has 2 heterocycles. The minimum absolute atomic E-state index is 0.260. The smallest absolute Gasteiger partial charge is 0.151 e. The molecule has 2 aliphatic rings. The summed E-state index contributed by atoms with van der Waals surface area (Å²) in [5, 5.41) is 9.19. The largest absolute Gasteiger partial charge is 0.392 e. The molecule has 3 rings (SSSR count). The third-order valence-corrected chi connectivity index (χ3v) is 4.92. The highest BCUT2D eigenvalue weighted by atomic mass is 19.1. The number of piperidine rings is 1. The molecule has 0 saturated carbocycles. The summed E-state index contributed by atoms with van der Waals surface area (Å²) in [6, 6.07) is 5.22. The Morgan fingerprint density at radius 3 is 2.61 bits per heavy atom. The predicted octanol–water partition coefficient (Wildman–Crippen LogP) is 2.73. The predicted molar refractivity (Wildman–Crippen MR) is 87.1 cm³/mol. The van der Waals surface area contributed by atoms with E-state index in [2.05, 4.69) is 4.90 Å². The maximum Gasteiger partial charge on any atom is 0.151 e. The van der Waals surface area contributed by atoms with Gasteiger partial charge in [-0.15, -0.1) is 0 Å². The fourth-order valence-corrected chi connectivity index (χ4v) is 3.38. The SMILES string of the molecule is OCc1cccc(N2CCC(OCC3CCOCC3)CC2)c1F. The minimum atomic E-state index is -0.295. The lowest BCUT2D eigenvalue weighted by atomic mass is 10.0. The van der Waals surface area contributed by atoms with Crippen LogP contribution in [0.25, 0.3) is 0 Å². The van der Waals surface area contributed by atoms with Crippen molar-refractivity contribution in [2.45, 2.75) is 38.4 Å². The molecule has 23 heavy (non-hydrogen) atoms. The molecule has 4 nitrogen and oxygen atoms in total. The molecule has 2 saturated heterocycles. The van der Waals surface area contributed by atoms with Crippen LogP contribution in [0.5, 0.6) is 0 Å². The second-order valence-electron chi connectivity index (χ2n) is 6.48. The Hall–Kier alpha value is -1.17. The van der Waals surface area contributed by atoms with Crippen LogP contribution in [-0.2, 0) is 16.1 Å². The Morgan fingerprint density at radius 2 is 1.91 bits per heavy atom. The highest BCUT2D eigenvalue weighted by Gasteiger charge is 2.24. The summed E-state index contributed by atoms with van der Waals surface area (Å²) >= 11 is 0.